The second kappa shape index (κ2) is 5.54. The summed E-state index contributed by atoms with van der Waals surface area (Å²) in [5, 5.41) is 8.87. The second-order valence-corrected chi connectivity index (χ2v) is 5.76. The summed E-state index contributed by atoms with van der Waals surface area (Å²) in [6.45, 7) is 2.93. The lowest BCUT2D eigenvalue weighted by Gasteiger charge is -2.41. The van der Waals surface area contributed by atoms with Crippen molar-refractivity contribution in [3.8, 4) is 0 Å². The van der Waals surface area contributed by atoms with Crippen molar-refractivity contribution >= 4 is 21.9 Å². The van der Waals surface area contributed by atoms with Crippen LogP contribution in [0.25, 0.3) is 0 Å². The molecule has 1 aliphatic heterocycles. The minimum Gasteiger partial charge on any atom is -0.481 e. The zero-order valence-electron chi connectivity index (χ0n) is 10.4. The number of likely N-dealkylation sites (tertiary alicyclic amines) is 1. The number of hydrogen-bond acceptors (Lipinski definition) is 2. The number of carboxylic acid groups (broad SMARTS) is 1. The second-order valence-electron chi connectivity index (χ2n) is 4.90. The van der Waals surface area contributed by atoms with Gasteiger partial charge < -0.3 is 5.11 Å². The Morgan fingerprint density at radius 3 is 2.74 bits per heavy atom. The molecule has 1 aromatic carbocycles. The molecule has 0 aliphatic carbocycles. The van der Waals surface area contributed by atoms with Gasteiger partial charge in [-0.05, 0) is 34.0 Å². The first-order chi connectivity index (χ1) is 8.90. The Kier molecular flexibility index (Phi) is 4.20. The summed E-state index contributed by atoms with van der Waals surface area (Å²) >= 11 is 3.03. The summed E-state index contributed by atoms with van der Waals surface area (Å²) in [5.41, 5.74) is 0.0239. The Morgan fingerprint density at radius 1 is 1.53 bits per heavy atom. The molecule has 0 aromatic heterocycles. The van der Waals surface area contributed by atoms with E-state index in [1.807, 2.05) is 4.90 Å². The van der Waals surface area contributed by atoms with Crippen molar-refractivity contribution in [1.82, 2.24) is 4.90 Å². The molecule has 0 saturated carbocycles. The van der Waals surface area contributed by atoms with E-state index in [0.717, 1.165) is 0 Å². The van der Waals surface area contributed by atoms with Crippen LogP contribution in [0.5, 0.6) is 0 Å². The van der Waals surface area contributed by atoms with Crippen molar-refractivity contribution in [3.05, 3.63) is 33.8 Å². The lowest BCUT2D eigenvalue weighted by Crippen LogP contribution is -2.50. The topological polar surface area (TPSA) is 40.5 Å². The van der Waals surface area contributed by atoms with E-state index in [-0.39, 0.29) is 22.5 Å². The molecule has 19 heavy (non-hydrogen) atoms. The third-order valence-corrected chi connectivity index (χ3v) is 4.22. The number of carbonyl (C=O) groups is 1. The number of rotatable bonds is 4. The zero-order valence-corrected chi connectivity index (χ0v) is 12.0. The van der Waals surface area contributed by atoms with Crippen LogP contribution in [0.4, 0.5) is 8.78 Å². The van der Waals surface area contributed by atoms with E-state index in [9.17, 15) is 13.6 Å². The third-order valence-electron chi connectivity index (χ3n) is 3.60. The van der Waals surface area contributed by atoms with Crippen molar-refractivity contribution in [3.63, 3.8) is 0 Å². The first-order valence-corrected chi connectivity index (χ1v) is 6.77. The van der Waals surface area contributed by atoms with Crippen molar-refractivity contribution < 1.29 is 18.7 Å². The first kappa shape index (κ1) is 14.4. The first-order valence-electron chi connectivity index (χ1n) is 5.97. The van der Waals surface area contributed by atoms with Crippen molar-refractivity contribution in [2.75, 3.05) is 13.1 Å². The molecule has 6 heteroatoms. The van der Waals surface area contributed by atoms with E-state index in [1.165, 1.54) is 12.1 Å². The number of aliphatic carboxylic acids is 1. The molecular formula is C13H14BrF2NO2. The van der Waals surface area contributed by atoms with Gasteiger partial charge in [-0.25, -0.2) is 8.78 Å². The van der Waals surface area contributed by atoms with Gasteiger partial charge in [0.15, 0.2) is 0 Å². The molecule has 0 radical (unpaired) electrons. The molecule has 0 spiro atoms. The maximum atomic E-state index is 13.8. The number of nitrogens with zero attached hydrogens (tertiary/aromatic N) is 1. The number of benzene rings is 1. The average molecular weight is 334 g/mol. The summed E-state index contributed by atoms with van der Waals surface area (Å²) in [5.74, 6) is -2.36. The van der Waals surface area contributed by atoms with Gasteiger partial charge in [0.25, 0.3) is 0 Å². The molecule has 2 rings (SSSR count). The van der Waals surface area contributed by atoms with E-state index in [0.29, 0.717) is 13.1 Å². The van der Waals surface area contributed by atoms with Crippen LogP contribution in [0.1, 0.15) is 12.5 Å². The summed E-state index contributed by atoms with van der Waals surface area (Å²) in [6.07, 6.45) is 0. The molecule has 1 heterocycles. The van der Waals surface area contributed by atoms with Crippen LogP contribution in [0.3, 0.4) is 0 Å². The maximum Gasteiger partial charge on any atom is 0.306 e. The molecule has 0 bridgehead atoms. The SMILES string of the molecule is CC(C(=O)O)C1CN(Cc2c(F)ccc(Br)c2F)C1. The highest BCUT2D eigenvalue weighted by molar-refractivity contribution is 9.10. The summed E-state index contributed by atoms with van der Waals surface area (Å²) in [7, 11) is 0. The number of halogens is 3. The molecular weight excluding hydrogens is 320 g/mol. The van der Waals surface area contributed by atoms with Crippen LogP contribution < -0.4 is 0 Å². The van der Waals surface area contributed by atoms with Crippen molar-refractivity contribution in [2.45, 2.75) is 13.5 Å². The lowest BCUT2D eigenvalue weighted by molar-refractivity contribution is -0.145. The molecule has 1 N–H and O–H groups in total. The van der Waals surface area contributed by atoms with E-state index in [1.54, 1.807) is 6.92 Å². The standard InChI is InChI=1S/C13H14BrF2NO2/c1-7(13(18)19)8-4-17(5-8)6-9-11(15)3-2-10(14)12(9)16/h2-3,7-8H,4-6H2,1H3,(H,18,19). The van der Waals surface area contributed by atoms with Crippen LogP contribution in [0, 0.1) is 23.5 Å². The predicted molar refractivity (Wildman–Crippen MR) is 69.6 cm³/mol. The molecule has 3 nitrogen and oxygen atoms in total. The Labute approximate surface area is 118 Å². The molecule has 1 saturated heterocycles. The largest absolute Gasteiger partial charge is 0.481 e. The van der Waals surface area contributed by atoms with Gasteiger partial charge in [0, 0.05) is 25.2 Å². The summed E-state index contributed by atoms with van der Waals surface area (Å²) < 4.78 is 27.5. The highest BCUT2D eigenvalue weighted by atomic mass is 79.9. The monoisotopic (exact) mass is 333 g/mol. The fourth-order valence-corrected chi connectivity index (χ4v) is 2.57. The summed E-state index contributed by atoms with van der Waals surface area (Å²) in [4.78, 5) is 12.7. The minimum atomic E-state index is -0.829. The molecule has 1 atom stereocenters. The highest BCUT2D eigenvalue weighted by Crippen LogP contribution is 2.28. The van der Waals surface area contributed by atoms with Crippen LogP contribution >= 0.6 is 15.9 Å². The molecule has 1 aliphatic rings. The van der Waals surface area contributed by atoms with Crippen molar-refractivity contribution in [1.29, 1.82) is 0 Å². The normalized spacial score (nSPS) is 18.1. The third kappa shape index (κ3) is 2.95. The van der Waals surface area contributed by atoms with Gasteiger partial charge in [0.1, 0.15) is 11.6 Å². The van der Waals surface area contributed by atoms with E-state index in [4.69, 9.17) is 5.11 Å². The maximum absolute atomic E-state index is 13.8. The van der Waals surface area contributed by atoms with Gasteiger partial charge in [-0.1, -0.05) is 6.92 Å². The van der Waals surface area contributed by atoms with Crippen LogP contribution in [0.2, 0.25) is 0 Å². The van der Waals surface area contributed by atoms with Crippen LogP contribution in [-0.4, -0.2) is 29.1 Å². The Morgan fingerprint density at radius 2 is 2.16 bits per heavy atom. The minimum absolute atomic E-state index is 0.0239. The molecule has 104 valence electrons. The van der Waals surface area contributed by atoms with E-state index < -0.39 is 23.5 Å². The summed E-state index contributed by atoms with van der Waals surface area (Å²) in [6, 6.07) is 2.55. The smallest absolute Gasteiger partial charge is 0.306 e. The number of hydrogen-bond donors (Lipinski definition) is 1. The Balaban J connectivity index is 1.99. The quantitative estimate of drug-likeness (QED) is 0.861. The number of carboxylic acids is 1. The highest BCUT2D eigenvalue weighted by Gasteiger charge is 2.35. The molecule has 0 amide bonds. The molecule has 1 aromatic rings. The van der Waals surface area contributed by atoms with Crippen molar-refractivity contribution in [2.24, 2.45) is 11.8 Å². The Hall–Kier alpha value is -1.01. The van der Waals surface area contributed by atoms with Gasteiger partial charge in [-0.3, -0.25) is 9.69 Å². The van der Waals surface area contributed by atoms with E-state index >= 15 is 0 Å². The average Bonchev–Trinajstić information content (AvgIpc) is 2.31. The van der Waals surface area contributed by atoms with E-state index in [2.05, 4.69) is 15.9 Å². The predicted octanol–water partition coefficient (Wildman–Crippen LogP) is 2.88. The van der Waals surface area contributed by atoms with Gasteiger partial charge >= 0.3 is 5.97 Å². The zero-order chi connectivity index (χ0) is 14.2. The molecule has 1 fully saturated rings. The van der Waals surface area contributed by atoms with Gasteiger partial charge in [-0.2, -0.15) is 0 Å². The van der Waals surface area contributed by atoms with Gasteiger partial charge in [-0.15, -0.1) is 0 Å². The fraction of sp³-hybridized carbons (Fsp3) is 0.462. The fourth-order valence-electron chi connectivity index (χ4n) is 2.19. The van der Waals surface area contributed by atoms with Crippen LogP contribution in [0.15, 0.2) is 16.6 Å². The van der Waals surface area contributed by atoms with Gasteiger partial charge in [0.2, 0.25) is 0 Å². The Bertz CT molecular complexity index is 504. The molecule has 1 unspecified atom stereocenters. The lowest BCUT2D eigenvalue weighted by atomic mass is 9.87. The van der Waals surface area contributed by atoms with Crippen LogP contribution in [-0.2, 0) is 11.3 Å². The van der Waals surface area contributed by atoms with Gasteiger partial charge in [0.05, 0.1) is 10.4 Å².